The average Bonchev–Trinajstić information content (AvgIpc) is 4.06. The lowest BCUT2D eigenvalue weighted by Crippen LogP contribution is -2.61. The van der Waals surface area contributed by atoms with Crippen LogP contribution in [0.5, 0.6) is 11.5 Å². The molecule has 5 aliphatic heterocycles. The number of anilines is 1. The van der Waals surface area contributed by atoms with Crippen LogP contribution >= 0.6 is 0 Å². The van der Waals surface area contributed by atoms with Crippen LogP contribution in [0.15, 0.2) is 53.3 Å². The molecule has 24 nitrogen and oxygen atoms in total. The van der Waals surface area contributed by atoms with Crippen LogP contribution in [0.3, 0.4) is 0 Å². The second-order valence-corrected chi connectivity index (χ2v) is 17.3. The Hall–Kier alpha value is -7.77. The van der Waals surface area contributed by atoms with Gasteiger partial charge < -0.3 is 69.7 Å². The number of nitrogens with one attached hydrogen (secondary N) is 3. The number of imide groups is 1. The lowest BCUT2D eigenvalue weighted by atomic mass is 9.86. The summed E-state index contributed by atoms with van der Waals surface area (Å²) in [4.78, 5) is 107. The van der Waals surface area contributed by atoms with Crippen molar-refractivity contribution in [3.05, 3.63) is 92.3 Å². The topological polar surface area (TPSA) is 341 Å². The van der Waals surface area contributed by atoms with Gasteiger partial charge in [-0.15, -0.1) is 0 Å². The molecule has 24 heteroatoms. The van der Waals surface area contributed by atoms with Gasteiger partial charge in [0.25, 0.3) is 17.4 Å². The number of nitrogens with zero attached hydrogens (tertiary/aromatic N) is 3. The number of rotatable bonds is 15. The molecule has 0 radical (unpaired) electrons. The zero-order valence-electron chi connectivity index (χ0n) is 37.7. The van der Waals surface area contributed by atoms with Crippen molar-refractivity contribution in [1.29, 1.82) is 0 Å². The number of aliphatic hydroxyl groups excluding tert-OH is 3. The molecule has 0 bridgehead atoms. The fourth-order valence-corrected chi connectivity index (χ4v) is 9.02. The number of cyclic esters (lactones) is 1. The SMILES string of the molecule is CC[C@@]1(O)C(=O)OCc2c1cc1n(c2=O)Cc2c-1nc1cc3c(cc1c2CNC(=O)OCc1ccc(O[C@@H]2O[C@H](C(=O)O)[C@@H](O)[C@H](O)[C@H]2O)c(NC(=O)CCNC(=O)CCN2C(=O)C=CC2=O)c1)CCO3. The Labute approximate surface area is 400 Å². The zero-order valence-corrected chi connectivity index (χ0v) is 37.7. The van der Waals surface area contributed by atoms with E-state index in [4.69, 9.17) is 28.7 Å². The predicted octanol–water partition coefficient (Wildman–Crippen LogP) is -0.528. The Balaban J connectivity index is 0.919. The number of ether oxygens (including phenoxy) is 5. The van der Waals surface area contributed by atoms with E-state index in [9.17, 15) is 63.9 Å². The highest BCUT2D eigenvalue weighted by Crippen LogP contribution is 2.42. The molecular formula is C47H46N6O18. The number of carboxylic acid groups (broad SMARTS) is 1. The van der Waals surface area contributed by atoms with Crippen molar-refractivity contribution in [2.24, 2.45) is 0 Å². The van der Waals surface area contributed by atoms with Crippen molar-refractivity contribution >= 4 is 58.3 Å². The molecule has 4 aromatic rings. The highest BCUT2D eigenvalue weighted by atomic mass is 16.7. The van der Waals surface area contributed by atoms with Crippen molar-refractivity contribution in [3.8, 4) is 22.9 Å². The number of aliphatic carboxylic acids is 1. The number of benzene rings is 2. The van der Waals surface area contributed by atoms with E-state index in [0.717, 1.165) is 22.6 Å². The first-order valence-corrected chi connectivity index (χ1v) is 22.5. The highest BCUT2D eigenvalue weighted by Gasteiger charge is 2.49. The number of hydrogen-bond donors (Lipinski definition) is 8. The number of esters is 1. The number of carbonyl (C=O) groups excluding carboxylic acids is 6. The van der Waals surface area contributed by atoms with Crippen LogP contribution in [0.25, 0.3) is 22.3 Å². The summed E-state index contributed by atoms with van der Waals surface area (Å²) in [5, 5.41) is 60.6. The normalized spacial score (nSPS) is 22.7. The maximum absolute atomic E-state index is 14.0. The van der Waals surface area contributed by atoms with E-state index in [-0.39, 0.29) is 80.2 Å². The Morgan fingerprint density at radius 3 is 2.44 bits per heavy atom. The first-order valence-electron chi connectivity index (χ1n) is 22.5. The van der Waals surface area contributed by atoms with Gasteiger partial charge >= 0.3 is 18.0 Å². The molecule has 5 aliphatic rings. The Kier molecular flexibility index (Phi) is 13.1. The first-order chi connectivity index (χ1) is 33.9. The van der Waals surface area contributed by atoms with E-state index in [2.05, 4.69) is 16.0 Å². The summed E-state index contributed by atoms with van der Waals surface area (Å²) >= 11 is 0. The van der Waals surface area contributed by atoms with E-state index >= 15 is 0 Å². The number of hydrogen-bond acceptors (Lipinski definition) is 18. The molecule has 1 fully saturated rings. The maximum Gasteiger partial charge on any atom is 0.407 e. The van der Waals surface area contributed by atoms with E-state index in [1.807, 2.05) is 6.07 Å². The number of amides is 5. The van der Waals surface area contributed by atoms with E-state index in [0.29, 0.717) is 52.2 Å². The smallest absolute Gasteiger partial charge is 0.407 e. The Morgan fingerprint density at radius 1 is 0.915 bits per heavy atom. The highest BCUT2D eigenvalue weighted by molar-refractivity contribution is 6.13. The number of pyridine rings is 2. The minimum Gasteiger partial charge on any atom is -0.493 e. The molecule has 6 atom stereocenters. The van der Waals surface area contributed by atoms with Gasteiger partial charge in [-0.1, -0.05) is 13.0 Å². The van der Waals surface area contributed by atoms with E-state index < -0.39 is 90.1 Å². The molecule has 0 aliphatic carbocycles. The molecule has 9 rings (SSSR count). The minimum atomic E-state index is -2.04. The standard InChI is InChI=1S/C47H46N6O18/c1-2-47(66)27-15-30-37-25(18-53(30)42(61)26(27)20-68-45(47)64)24(23-14-22-9-12-67-32(22)16-28(23)51-37)17-49-46(65)69-19-21-3-4-31(70-44-40(60)38(58)39(59)41(71-44)43(62)63)29(13-21)50-34(55)7-10-48-33(54)8-11-52-35(56)5-6-36(52)57/h3-6,13-16,38-41,44,58-60,66H,2,7-12,17-20H2,1H3,(H,48,54)(H,49,65)(H,50,55)(H,62,63)/t38-,39-,40+,41-,44+,47-/m0/s1. The molecular weight excluding hydrogens is 937 g/mol. The summed E-state index contributed by atoms with van der Waals surface area (Å²) < 4.78 is 29.1. The number of alkyl carbamates (subject to hydrolysis) is 1. The molecule has 5 amide bonds. The van der Waals surface area contributed by atoms with Crippen LogP contribution in [0.2, 0.25) is 0 Å². The fraction of sp³-hybridized carbons (Fsp3) is 0.383. The lowest BCUT2D eigenvalue weighted by Gasteiger charge is -2.38. The van der Waals surface area contributed by atoms with Gasteiger partial charge in [0, 0.05) is 73.6 Å². The number of carboxylic acids is 1. The van der Waals surface area contributed by atoms with Gasteiger partial charge in [-0.2, -0.15) is 0 Å². The second kappa shape index (κ2) is 19.2. The largest absolute Gasteiger partial charge is 0.493 e. The predicted molar refractivity (Wildman–Crippen MR) is 239 cm³/mol. The summed E-state index contributed by atoms with van der Waals surface area (Å²) in [5.74, 6) is -4.46. The summed E-state index contributed by atoms with van der Waals surface area (Å²) in [7, 11) is 0. The summed E-state index contributed by atoms with van der Waals surface area (Å²) in [5.41, 5.74) is 1.34. The summed E-state index contributed by atoms with van der Waals surface area (Å²) in [6, 6.07) is 9.31. The van der Waals surface area contributed by atoms with Crippen LogP contribution in [-0.2, 0) is 81.3 Å². The minimum absolute atomic E-state index is 0.0450. The van der Waals surface area contributed by atoms with Crippen LogP contribution < -0.4 is 31.0 Å². The first kappa shape index (κ1) is 48.3. The quantitative estimate of drug-likeness (QED) is 0.0483. The third-order valence-electron chi connectivity index (χ3n) is 12.9. The van der Waals surface area contributed by atoms with Gasteiger partial charge in [0.1, 0.15) is 43.0 Å². The molecule has 71 heavy (non-hydrogen) atoms. The number of carbonyl (C=O) groups is 7. The van der Waals surface area contributed by atoms with Crippen molar-refractivity contribution in [2.45, 2.75) is 95.2 Å². The number of aliphatic hydroxyl groups is 4. The second-order valence-electron chi connectivity index (χ2n) is 17.3. The van der Waals surface area contributed by atoms with Crippen molar-refractivity contribution < 1.29 is 82.8 Å². The lowest BCUT2D eigenvalue weighted by molar-refractivity contribution is -0.271. The molecule has 2 aromatic carbocycles. The number of aromatic nitrogens is 2. The Bertz CT molecular complexity index is 3010. The molecule has 8 N–H and O–H groups in total. The van der Waals surface area contributed by atoms with Gasteiger partial charge in [-0.05, 0) is 47.4 Å². The molecule has 372 valence electrons. The summed E-state index contributed by atoms with van der Waals surface area (Å²) in [6.07, 6.45) is -8.51. The van der Waals surface area contributed by atoms with Crippen molar-refractivity contribution in [3.63, 3.8) is 0 Å². The van der Waals surface area contributed by atoms with Gasteiger partial charge in [-0.25, -0.2) is 19.4 Å². The fourth-order valence-electron chi connectivity index (χ4n) is 9.02. The Morgan fingerprint density at radius 2 is 1.69 bits per heavy atom. The van der Waals surface area contributed by atoms with Crippen molar-refractivity contribution in [2.75, 3.05) is 25.0 Å². The molecule has 0 unspecified atom stereocenters. The maximum atomic E-state index is 14.0. The number of fused-ring (bicyclic) bond motifs is 6. The van der Waals surface area contributed by atoms with Crippen LogP contribution in [0.1, 0.15) is 59.6 Å². The van der Waals surface area contributed by atoms with E-state index in [1.54, 1.807) is 19.1 Å². The monoisotopic (exact) mass is 982 g/mol. The van der Waals surface area contributed by atoms with Crippen LogP contribution in [-0.4, -0.2) is 132 Å². The van der Waals surface area contributed by atoms with Gasteiger partial charge in [0.15, 0.2) is 11.7 Å². The molecule has 1 saturated heterocycles. The molecule has 0 spiro atoms. The van der Waals surface area contributed by atoms with Crippen LogP contribution in [0.4, 0.5) is 10.5 Å². The third-order valence-corrected chi connectivity index (χ3v) is 12.9. The van der Waals surface area contributed by atoms with Gasteiger partial charge in [-0.3, -0.25) is 28.9 Å². The average molecular weight is 983 g/mol. The molecule has 0 saturated carbocycles. The van der Waals surface area contributed by atoms with Crippen LogP contribution in [0, 0.1) is 0 Å². The molecule has 2 aromatic heterocycles. The van der Waals surface area contributed by atoms with Gasteiger partial charge in [0.2, 0.25) is 18.1 Å². The zero-order chi connectivity index (χ0) is 50.5. The van der Waals surface area contributed by atoms with E-state index in [1.165, 1.54) is 22.8 Å². The third kappa shape index (κ3) is 9.13. The summed E-state index contributed by atoms with van der Waals surface area (Å²) in [6.45, 7) is 0.925. The molecule has 7 heterocycles. The van der Waals surface area contributed by atoms with Gasteiger partial charge in [0.05, 0.1) is 41.3 Å². The van der Waals surface area contributed by atoms with Crippen molar-refractivity contribution in [1.82, 2.24) is 25.1 Å².